The van der Waals surface area contributed by atoms with Crippen LogP contribution in [0.15, 0.2) is 0 Å². The van der Waals surface area contributed by atoms with Crippen molar-refractivity contribution in [3.8, 4) is 5.97 Å². The lowest BCUT2D eigenvalue weighted by atomic mass is 10.2. The molecule has 0 spiro atoms. The molecular weight excluding hydrogens is 116 g/mol. The molecule has 0 aliphatic rings. The lowest BCUT2D eigenvalue weighted by Gasteiger charge is -1.61. The summed E-state index contributed by atoms with van der Waals surface area (Å²) in [5.74, 6) is 1.75. The van der Waals surface area contributed by atoms with E-state index in [1.165, 1.54) is 7.85 Å². The molecule has 6 heteroatoms. The third kappa shape index (κ3) is 899. The van der Waals surface area contributed by atoms with Gasteiger partial charge in [0.1, 0.15) is 0 Å². The molecule has 0 amide bonds. The Hall–Kier alpha value is -0.295. The van der Waals surface area contributed by atoms with Gasteiger partial charge < -0.3 is 9.79 Å². The lowest BCUT2D eigenvalue weighted by Crippen LogP contribution is -1.38. The highest BCUT2D eigenvalue weighted by Crippen LogP contribution is 1.98. The van der Waals surface area contributed by atoms with Gasteiger partial charge in [-0.05, 0) is 5.97 Å². The van der Waals surface area contributed by atoms with Gasteiger partial charge in [0, 0.05) is 0 Å². The molecule has 0 aliphatic heterocycles. The lowest BCUT2D eigenvalue weighted by molar-refractivity contribution is 0.405. The minimum absolute atomic E-state index is 1.43. The molecule has 0 aliphatic carbocycles. The van der Waals surface area contributed by atoms with Gasteiger partial charge in [0.15, 0.2) is 0 Å². The fourth-order valence-corrected chi connectivity index (χ4v) is 0. The number of nitrogens with zero attached hydrogens (tertiary/aromatic N) is 1. The maximum atomic E-state index is 8.74. The molecule has 4 nitrogen and oxygen atoms in total. The van der Waals surface area contributed by atoms with Gasteiger partial charge in [-0.25, -0.2) is 5.26 Å². The molecular formula is CH5BNO3P. The molecule has 0 atom stereocenters. The molecule has 7 heavy (non-hydrogen) atoms. The van der Waals surface area contributed by atoms with Crippen LogP contribution in [0.2, 0.25) is 0 Å². The zero-order valence-electron chi connectivity index (χ0n) is 3.75. The summed E-state index contributed by atoms with van der Waals surface area (Å²) in [6.45, 7) is 0. The monoisotopic (exact) mass is 121 g/mol. The normalized spacial score (nSPS) is 6.00. The molecule has 0 unspecified atom stereocenters. The minimum Gasteiger partial charge on any atom is -0.326 e. The topological polar surface area (TPSA) is 81.3 Å². The van der Waals surface area contributed by atoms with Gasteiger partial charge in [-0.3, -0.25) is 4.57 Å². The molecule has 0 bridgehead atoms. The van der Waals surface area contributed by atoms with Crippen molar-refractivity contribution < 1.29 is 14.4 Å². The highest BCUT2D eigenvalue weighted by atomic mass is 31.1. The van der Waals surface area contributed by atoms with Gasteiger partial charge in [0.2, 0.25) is 7.85 Å². The second kappa shape index (κ2) is 9.20. The Kier molecular flexibility index (Phi) is 13.0. The van der Waals surface area contributed by atoms with E-state index in [-0.39, 0.29) is 0 Å². The highest BCUT2D eigenvalue weighted by molar-refractivity contribution is 7.30. The van der Waals surface area contributed by atoms with Gasteiger partial charge in [0.05, 0.1) is 0 Å². The number of hydrogen-bond acceptors (Lipinski definition) is 2. The van der Waals surface area contributed by atoms with Crippen LogP contribution in [0, 0.1) is 11.2 Å². The molecule has 0 radical (unpaired) electrons. The second-order valence-electron chi connectivity index (χ2n) is 0.506. The molecule has 0 heterocycles. The Bertz CT molecular complexity index is 83.4. The largest absolute Gasteiger partial charge is 0.326 e. The van der Waals surface area contributed by atoms with Crippen molar-refractivity contribution in [3.63, 3.8) is 0 Å². The highest BCUT2D eigenvalue weighted by Gasteiger charge is 1.61. The Balaban J connectivity index is 0. The molecule has 2 N–H and O–H groups in total. The minimum atomic E-state index is -3.13. The zero-order chi connectivity index (χ0) is 6.28. The van der Waals surface area contributed by atoms with Crippen molar-refractivity contribution in [2.75, 3.05) is 0 Å². The smallest absolute Gasteiger partial charge is 0.314 e. The van der Waals surface area contributed by atoms with Gasteiger partial charge in [-0.1, -0.05) is 0 Å². The summed E-state index contributed by atoms with van der Waals surface area (Å²) in [4.78, 5) is 14.3. The Morgan fingerprint density at radius 3 is 1.71 bits per heavy atom. The fourth-order valence-electron chi connectivity index (χ4n) is 0. The van der Waals surface area contributed by atoms with Gasteiger partial charge in [-0.15, -0.1) is 0 Å². The first-order chi connectivity index (χ1) is 3.15. The summed E-state index contributed by atoms with van der Waals surface area (Å²) >= 11 is 0. The van der Waals surface area contributed by atoms with E-state index >= 15 is 0 Å². The summed E-state index contributed by atoms with van der Waals surface area (Å²) < 4.78 is 8.74. The Morgan fingerprint density at radius 2 is 1.71 bits per heavy atom. The van der Waals surface area contributed by atoms with Crippen LogP contribution in [0.3, 0.4) is 0 Å². The van der Waals surface area contributed by atoms with Crippen LogP contribution >= 0.6 is 8.25 Å². The second-order valence-corrected chi connectivity index (χ2v) is 1.07. The Morgan fingerprint density at radius 1 is 1.71 bits per heavy atom. The average molecular weight is 121 g/mol. The molecule has 0 fully saturated rings. The van der Waals surface area contributed by atoms with E-state index in [2.05, 4.69) is 0 Å². The fraction of sp³-hybridized carbons (Fsp3) is 0. The summed E-state index contributed by atoms with van der Waals surface area (Å²) in [6, 6.07) is 0. The summed E-state index contributed by atoms with van der Waals surface area (Å²) in [6.07, 6.45) is 0. The quantitative estimate of drug-likeness (QED) is 0.300. The number of nitriles is 1. The number of hydrogen-bond donors (Lipinski definition) is 2. The molecule has 0 aromatic carbocycles. The van der Waals surface area contributed by atoms with Gasteiger partial charge in [-0.2, -0.15) is 0 Å². The first-order valence-corrected chi connectivity index (χ1v) is 2.68. The summed E-state index contributed by atoms with van der Waals surface area (Å²) in [5, 5.41) is 7.32. The third-order valence-corrected chi connectivity index (χ3v) is 0. The first kappa shape index (κ1) is 9.86. The van der Waals surface area contributed by atoms with Crippen molar-refractivity contribution in [2.45, 2.75) is 0 Å². The van der Waals surface area contributed by atoms with E-state index in [4.69, 9.17) is 19.6 Å². The van der Waals surface area contributed by atoms with Crippen molar-refractivity contribution in [3.05, 3.63) is 0 Å². The first-order valence-electron chi connectivity index (χ1n) is 1.37. The molecule has 0 aromatic rings. The van der Waals surface area contributed by atoms with Crippen molar-refractivity contribution in [1.82, 2.24) is 0 Å². The van der Waals surface area contributed by atoms with E-state index in [0.29, 0.717) is 0 Å². The van der Waals surface area contributed by atoms with Gasteiger partial charge in [0.25, 0.3) is 0 Å². The van der Waals surface area contributed by atoms with Crippen LogP contribution in [0.1, 0.15) is 0 Å². The molecule has 0 rings (SSSR count). The van der Waals surface area contributed by atoms with Crippen molar-refractivity contribution in [1.29, 1.82) is 5.26 Å². The predicted octanol–water partition coefficient (Wildman–Crippen LogP) is -1.54. The average Bonchev–Trinajstić information content (AvgIpc) is 1.33. The van der Waals surface area contributed by atoms with Crippen LogP contribution in [0.4, 0.5) is 0 Å². The van der Waals surface area contributed by atoms with Crippen LogP contribution < -0.4 is 0 Å². The predicted molar refractivity (Wildman–Crippen MR) is 27.6 cm³/mol. The SMILES string of the molecule is BC#N.O=[PH](O)O. The van der Waals surface area contributed by atoms with Crippen molar-refractivity contribution >= 4 is 16.1 Å². The Labute approximate surface area is 42.8 Å². The maximum Gasteiger partial charge on any atom is 0.314 e. The van der Waals surface area contributed by atoms with E-state index in [1.807, 2.05) is 0 Å². The van der Waals surface area contributed by atoms with Crippen LogP contribution in [-0.2, 0) is 4.57 Å². The summed E-state index contributed by atoms with van der Waals surface area (Å²) in [5.41, 5.74) is 0. The molecule has 0 saturated carbocycles. The van der Waals surface area contributed by atoms with E-state index < -0.39 is 8.25 Å². The van der Waals surface area contributed by atoms with Gasteiger partial charge >= 0.3 is 8.25 Å². The zero-order valence-corrected chi connectivity index (χ0v) is 4.75. The van der Waals surface area contributed by atoms with E-state index in [9.17, 15) is 0 Å². The molecule has 0 aromatic heterocycles. The van der Waals surface area contributed by atoms with E-state index in [0.717, 1.165) is 0 Å². The van der Waals surface area contributed by atoms with Crippen molar-refractivity contribution in [2.24, 2.45) is 0 Å². The molecule has 0 saturated heterocycles. The summed E-state index contributed by atoms with van der Waals surface area (Å²) in [7, 11) is -1.70. The number of rotatable bonds is 0. The van der Waals surface area contributed by atoms with Crippen LogP contribution in [0.25, 0.3) is 0 Å². The van der Waals surface area contributed by atoms with E-state index in [1.54, 1.807) is 5.97 Å². The standard InChI is InChI=1S/CH2BN.H3O3P/c2-1-3;1-4(2)3/h2H2;4H,(H2,1,2,3). The van der Waals surface area contributed by atoms with Crippen LogP contribution in [-0.4, -0.2) is 17.6 Å². The third-order valence-electron chi connectivity index (χ3n) is 0. The van der Waals surface area contributed by atoms with Crippen LogP contribution in [0.5, 0.6) is 0 Å². The molecule has 40 valence electrons. The maximum absolute atomic E-state index is 8.74.